The molecule has 1 aromatic rings. The van der Waals surface area contributed by atoms with Crippen LogP contribution in [0.2, 0.25) is 0 Å². The molecule has 1 aliphatic heterocycles. The average Bonchev–Trinajstić information content (AvgIpc) is 2.98. The summed E-state index contributed by atoms with van der Waals surface area (Å²) in [6, 6.07) is 9.40. The Hall–Kier alpha value is -1.37. The standard InChI is InChI=1S/C18H24N2O/c19-13-15-3-5-16(6-4-15)17(21)14-20-11-9-18(10-12-20)7-1-2-8-18/h3-6,17,21H,1-2,7-12,14H2. The van der Waals surface area contributed by atoms with Gasteiger partial charge in [0.2, 0.25) is 0 Å². The summed E-state index contributed by atoms with van der Waals surface area (Å²) in [5, 5.41) is 19.2. The molecule has 1 saturated heterocycles. The molecule has 3 heteroatoms. The van der Waals surface area contributed by atoms with Gasteiger partial charge in [0.1, 0.15) is 0 Å². The largest absolute Gasteiger partial charge is 0.387 e. The Balaban J connectivity index is 1.53. The van der Waals surface area contributed by atoms with Crippen molar-refractivity contribution in [3.05, 3.63) is 35.4 Å². The monoisotopic (exact) mass is 284 g/mol. The average molecular weight is 284 g/mol. The fraction of sp³-hybridized carbons (Fsp3) is 0.611. The molecule has 0 bridgehead atoms. The Labute approximate surface area is 127 Å². The van der Waals surface area contributed by atoms with E-state index in [0.717, 1.165) is 18.7 Å². The summed E-state index contributed by atoms with van der Waals surface area (Å²) in [5.41, 5.74) is 2.19. The number of aliphatic hydroxyl groups is 1. The zero-order valence-corrected chi connectivity index (χ0v) is 12.6. The summed E-state index contributed by atoms with van der Waals surface area (Å²) in [7, 11) is 0. The topological polar surface area (TPSA) is 47.3 Å². The number of likely N-dealkylation sites (tertiary alicyclic amines) is 1. The molecule has 2 fully saturated rings. The number of piperidine rings is 1. The Morgan fingerprint density at radius 1 is 1.10 bits per heavy atom. The van der Waals surface area contributed by atoms with E-state index in [4.69, 9.17) is 5.26 Å². The van der Waals surface area contributed by atoms with Crippen molar-refractivity contribution in [1.82, 2.24) is 4.90 Å². The predicted octanol–water partition coefficient (Wildman–Crippen LogP) is 3.25. The first-order chi connectivity index (χ1) is 10.2. The van der Waals surface area contributed by atoms with Gasteiger partial charge >= 0.3 is 0 Å². The van der Waals surface area contributed by atoms with Crippen molar-refractivity contribution in [2.24, 2.45) is 5.41 Å². The van der Waals surface area contributed by atoms with E-state index in [-0.39, 0.29) is 0 Å². The molecule has 1 aliphatic carbocycles. The summed E-state index contributed by atoms with van der Waals surface area (Å²) in [5.74, 6) is 0. The second-order valence-corrected chi connectivity index (χ2v) is 6.76. The number of rotatable bonds is 3. The van der Waals surface area contributed by atoms with Crippen molar-refractivity contribution in [2.75, 3.05) is 19.6 Å². The highest BCUT2D eigenvalue weighted by Crippen LogP contribution is 2.46. The van der Waals surface area contributed by atoms with E-state index in [0.29, 0.717) is 17.5 Å². The van der Waals surface area contributed by atoms with Crippen molar-refractivity contribution in [3.8, 4) is 6.07 Å². The maximum Gasteiger partial charge on any atom is 0.0991 e. The van der Waals surface area contributed by atoms with Crippen LogP contribution in [0.15, 0.2) is 24.3 Å². The normalized spacial score (nSPS) is 23.0. The van der Waals surface area contributed by atoms with E-state index in [1.807, 2.05) is 12.1 Å². The van der Waals surface area contributed by atoms with Crippen molar-refractivity contribution < 1.29 is 5.11 Å². The van der Waals surface area contributed by atoms with Gasteiger partial charge in [0.15, 0.2) is 0 Å². The van der Waals surface area contributed by atoms with Crippen LogP contribution in [0.3, 0.4) is 0 Å². The molecule has 3 rings (SSSR count). The van der Waals surface area contributed by atoms with Crippen molar-refractivity contribution in [1.29, 1.82) is 5.26 Å². The molecule has 0 amide bonds. The van der Waals surface area contributed by atoms with Crippen LogP contribution >= 0.6 is 0 Å². The first kappa shape index (κ1) is 14.6. The SMILES string of the molecule is N#Cc1ccc(C(O)CN2CCC3(CCCC3)CC2)cc1. The summed E-state index contributed by atoms with van der Waals surface area (Å²) in [4.78, 5) is 2.40. The van der Waals surface area contributed by atoms with Gasteiger partial charge in [0.05, 0.1) is 17.7 Å². The van der Waals surface area contributed by atoms with Gasteiger partial charge < -0.3 is 10.0 Å². The first-order valence-corrected chi connectivity index (χ1v) is 8.11. The Kier molecular flexibility index (Phi) is 4.28. The summed E-state index contributed by atoms with van der Waals surface area (Å²) >= 11 is 0. The fourth-order valence-corrected chi connectivity index (χ4v) is 3.96. The van der Waals surface area contributed by atoms with Crippen LogP contribution in [-0.2, 0) is 0 Å². The van der Waals surface area contributed by atoms with E-state index in [1.54, 1.807) is 12.1 Å². The molecular formula is C18H24N2O. The number of β-amino-alcohol motifs (C(OH)–C–C–N with tert-alkyl or cyclic N) is 1. The number of benzene rings is 1. The summed E-state index contributed by atoms with van der Waals surface area (Å²) in [6.45, 7) is 2.95. The smallest absolute Gasteiger partial charge is 0.0991 e. The lowest BCUT2D eigenvalue weighted by Crippen LogP contribution is -2.40. The minimum Gasteiger partial charge on any atom is -0.387 e. The highest BCUT2D eigenvalue weighted by molar-refractivity contribution is 5.32. The fourth-order valence-electron chi connectivity index (χ4n) is 3.96. The molecule has 1 spiro atoms. The minimum atomic E-state index is -0.449. The van der Waals surface area contributed by atoms with Crippen LogP contribution in [0, 0.1) is 16.7 Å². The van der Waals surface area contributed by atoms with Gasteiger partial charge in [-0.15, -0.1) is 0 Å². The van der Waals surface area contributed by atoms with Crippen LogP contribution in [0.1, 0.15) is 55.8 Å². The molecule has 1 atom stereocenters. The lowest BCUT2D eigenvalue weighted by Gasteiger charge is -2.40. The number of nitrogens with zero attached hydrogens (tertiary/aromatic N) is 2. The first-order valence-electron chi connectivity index (χ1n) is 8.11. The summed E-state index contributed by atoms with van der Waals surface area (Å²) in [6.07, 6.45) is 7.80. The number of hydrogen-bond donors (Lipinski definition) is 1. The van der Waals surface area contributed by atoms with Crippen molar-refractivity contribution in [2.45, 2.75) is 44.6 Å². The Morgan fingerprint density at radius 3 is 2.29 bits per heavy atom. The lowest BCUT2D eigenvalue weighted by molar-refractivity contribution is 0.0596. The zero-order chi connectivity index (χ0) is 14.7. The van der Waals surface area contributed by atoms with Crippen LogP contribution in [0.5, 0.6) is 0 Å². The highest BCUT2D eigenvalue weighted by atomic mass is 16.3. The molecule has 21 heavy (non-hydrogen) atoms. The third kappa shape index (κ3) is 3.28. The predicted molar refractivity (Wildman–Crippen MR) is 82.7 cm³/mol. The lowest BCUT2D eigenvalue weighted by atomic mass is 9.77. The minimum absolute atomic E-state index is 0.449. The second-order valence-electron chi connectivity index (χ2n) is 6.76. The van der Waals surface area contributed by atoms with E-state index < -0.39 is 6.10 Å². The van der Waals surface area contributed by atoms with E-state index in [2.05, 4.69) is 11.0 Å². The molecule has 0 radical (unpaired) electrons. The number of nitriles is 1. The molecule has 3 nitrogen and oxygen atoms in total. The van der Waals surface area contributed by atoms with Gasteiger partial charge in [-0.05, 0) is 61.9 Å². The van der Waals surface area contributed by atoms with Crippen LogP contribution in [0.4, 0.5) is 0 Å². The third-order valence-electron chi connectivity index (χ3n) is 5.44. The van der Waals surface area contributed by atoms with Crippen molar-refractivity contribution in [3.63, 3.8) is 0 Å². The van der Waals surface area contributed by atoms with Crippen LogP contribution < -0.4 is 0 Å². The van der Waals surface area contributed by atoms with Gasteiger partial charge in [-0.2, -0.15) is 5.26 Å². The molecule has 112 valence electrons. The van der Waals surface area contributed by atoms with Gasteiger partial charge in [0, 0.05) is 6.54 Å². The Morgan fingerprint density at radius 2 is 1.71 bits per heavy atom. The maximum atomic E-state index is 10.4. The molecule has 0 aromatic heterocycles. The zero-order valence-electron chi connectivity index (χ0n) is 12.6. The van der Waals surface area contributed by atoms with E-state index >= 15 is 0 Å². The molecule has 2 aliphatic rings. The third-order valence-corrected chi connectivity index (χ3v) is 5.44. The van der Waals surface area contributed by atoms with Gasteiger partial charge in [-0.1, -0.05) is 25.0 Å². The Bertz CT molecular complexity index is 501. The van der Waals surface area contributed by atoms with Gasteiger partial charge in [0.25, 0.3) is 0 Å². The summed E-state index contributed by atoms with van der Waals surface area (Å²) < 4.78 is 0. The molecule has 1 aromatic carbocycles. The number of aliphatic hydroxyl groups excluding tert-OH is 1. The van der Waals surface area contributed by atoms with Crippen LogP contribution in [-0.4, -0.2) is 29.6 Å². The molecule has 1 heterocycles. The quantitative estimate of drug-likeness (QED) is 0.927. The second kappa shape index (κ2) is 6.17. The molecule has 1 saturated carbocycles. The van der Waals surface area contributed by atoms with Gasteiger partial charge in [-0.25, -0.2) is 0 Å². The van der Waals surface area contributed by atoms with E-state index in [1.165, 1.54) is 38.5 Å². The molecule has 1 N–H and O–H groups in total. The van der Waals surface area contributed by atoms with E-state index in [9.17, 15) is 5.11 Å². The van der Waals surface area contributed by atoms with Crippen LogP contribution in [0.25, 0.3) is 0 Å². The molecular weight excluding hydrogens is 260 g/mol. The van der Waals surface area contributed by atoms with Gasteiger partial charge in [-0.3, -0.25) is 0 Å². The maximum absolute atomic E-state index is 10.4. The highest BCUT2D eigenvalue weighted by Gasteiger charge is 2.37. The van der Waals surface area contributed by atoms with Crippen molar-refractivity contribution >= 4 is 0 Å². The number of hydrogen-bond acceptors (Lipinski definition) is 3. The molecule has 1 unspecified atom stereocenters.